The van der Waals surface area contributed by atoms with Gasteiger partial charge in [-0.25, -0.2) is 9.59 Å². The summed E-state index contributed by atoms with van der Waals surface area (Å²) in [6.45, 7) is 4.19. The summed E-state index contributed by atoms with van der Waals surface area (Å²) < 4.78 is 10.1. The van der Waals surface area contributed by atoms with Crippen molar-refractivity contribution in [2.45, 2.75) is 20.8 Å². The molecule has 3 aromatic rings. The smallest absolute Gasteiger partial charge is 0.359 e. The van der Waals surface area contributed by atoms with Gasteiger partial charge in [0.2, 0.25) is 0 Å². The van der Waals surface area contributed by atoms with Crippen LogP contribution in [-0.2, 0) is 14.3 Å². The van der Waals surface area contributed by atoms with E-state index in [-0.39, 0.29) is 28.6 Å². The minimum absolute atomic E-state index is 0.0662. The fourth-order valence-electron chi connectivity index (χ4n) is 2.87. The van der Waals surface area contributed by atoms with Crippen molar-refractivity contribution in [3.8, 4) is 0 Å². The Morgan fingerprint density at radius 3 is 2.57 bits per heavy atom. The normalized spacial score (nSPS) is 10.6. The predicted molar refractivity (Wildman–Crippen MR) is 110 cm³/mol. The van der Waals surface area contributed by atoms with E-state index in [9.17, 15) is 19.2 Å². The van der Waals surface area contributed by atoms with Gasteiger partial charge in [-0.15, -0.1) is 11.3 Å². The first-order valence-corrected chi connectivity index (χ1v) is 9.86. The number of nitrogens with zero attached hydrogens (tertiary/aromatic N) is 1. The van der Waals surface area contributed by atoms with E-state index in [0.29, 0.717) is 21.3 Å². The summed E-state index contributed by atoms with van der Waals surface area (Å²) in [5.74, 6) is -2.31. The molecule has 0 aliphatic rings. The average molecular weight is 429 g/mol. The van der Waals surface area contributed by atoms with Gasteiger partial charge in [0.25, 0.3) is 5.91 Å². The molecule has 0 aliphatic heterocycles. The summed E-state index contributed by atoms with van der Waals surface area (Å²) >= 11 is 0.970. The third-order valence-electron chi connectivity index (χ3n) is 4.20. The molecule has 0 bridgehead atoms. The lowest BCUT2D eigenvalue weighted by molar-refractivity contribution is -0.119. The Balaban J connectivity index is 1.73. The summed E-state index contributed by atoms with van der Waals surface area (Å²) in [7, 11) is 0. The van der Waals surface area contributed by atoms with Gasteiger partial charge in [0.05, 0.1) is 22.6 Å². The first kappa shape index (κ1) is 21.2. The van der Waals surface area contributed by atoms with E-state index in [0.717, 1.165) is 11.3 Å². The Kier molecular flexibility index (Phi) is 6.26. The van der Waals surface area contributed by atoms with Crippen LogP contribution in [0, 0.1) is 6.92 Å². The fourth-order valence-corrected chi connectivity index (χ4v) is 3.97. The third-order valence-corrected chi connectivity index (χ3v) is 5.51. The lowest BCUT2D eigenvalue weighted by Gasteiger charge is -2.07. The first-order chi connectivity index (χ1) is 14.3. The van der Waals surface area contributed by atoms with Crippen molar-refractivity contribution >= 4 is 50.9 Å². The van der Waals surface area contributed by atoms with E-state index in [4.69, 9.17) is 9.47 Å². The van der Waals surface area contributed by atoms with E-state index >= 15 is 0 Å². The molecule has 0 saturated heterocycles. The molecule has 0 atom stereocenters. The number of nitrogens with one attached hydrogen (secondary N) is 2. The number of carbonyl (C=O) groups excluding carboxylic acids is 4. The van der Waals surface area contributed by atoms with Crippen LogP contribution in [0.25, 0.3) is 10.9 Å². The van der Waals surface area contributed by atoms with Gasteiger partial charge < -0.3 is 14.8 Å². The molecular formula is C20H19N3O6S. The number of ether oxygens (including phenoxy) is 2. The number of ketones is 1. The largest absolute Gasteiger partial charge is 0.462 e. The second-order valence-corrected chi connectivity index (χ2v) is 7.30. The molecule has 1 aromatic carbocycles. The highest BCUT2D eigenvalue weighted by Crippen LogP contribution is 2.34. The number of aromatic amines is 1. The molecule has 0 aliphatic carbocycles. The maximum atomic E-state index is 12.3. The molecule has 2 aromatic heterocycles. The Hall–Kier alpha value is -3.53. The Bertz CT molecular complexity index is 1150. The van der Waals surface area contributed by atoms with Crippen molar-refractivity contribution in [2.75, 3.05) is 18.5 Å². The molecule has 3 rings (SSSR count). The first-order valence-electron chi connectivity index (χ1n) is 9.05. The molecule has 0 radical (unpaired) electrons. The fraction of sp³-hybridized carbons (Fsp3) is 0.250. The van der Waals surface area contributed by atoms with Crippen LogP contribution < -0.4 is 5.32 Å². The van der Waals surface area contributed by atoms with E-state index in [1.807, 2.05) is 0 Å². The highest BCUT2D eigenvalue weighted by atomic mass is 32.1. The number of hydrogen-bond donors (Lipinski definition) is 2. The van der Waals surface area contributed by atoms with Gasteiger partial charge in [0.1, 0.15) is 5.00 Å². The maximum Gasteiger partial charge on any atom is 0.359 e. The number of aromatic nitrogens is 2. The van der Waals surface area contributed by atoms with E-state index < -0.39 is 24.5 Å². The lowest BCUT2D eigenvalue weighted by Crippen LogP contribution is -2.22. The van der Waals surface area contributed by atoms with Crippen LogP contribution in [0.15, 0.2) is 24.3 Å². The van der Waals surface area contributed by atoms with Crippen LogP contribution in [0.2, 0.25) is 0 Å². The summed E-state index contributed by atoms with van der Waals surface area (Å²) in [6, 6.07) is 7.01. The van der Waals surface area contributed by atoms with Gasteiger partial charge in [0.15, 0.2) is 18.1 Å². The molecule has 156 valence electrons. The van der Waals surface area contributed by atoms with Gasteiger partial charge in [-0.2, -0.15) is 5.10 Å². The molecule has 30 heavy (non-hydrogen) atoms. The SMILES string of the molecule is CCOC(=O)c1c(NC(=O)COC(=O)c2n[nH]c3ccccc23)sc(C(C)=O)c1C. The molecule has 2 heterocycles. The molecule has 0 unspecified atom stereocenters. The monoisotopic (exact) mass is 429 g/mol. The van der Waals surface area contributed by atoms with E-state index in [1.165, 1.54) is 6.92 Å². The quantitative estimate of drug-likeness (QED) is 0.436. The highest BCUT2D eigenvalue weighted by Gasteiger charge is 2.25. The number of esters is 2. The molecule has 1 amide bonds. The Labute approximate surface area is 175 Å². The Morgan fingerprint density at radius 1 is 1.13 bits per heavy atom. The Morgan fingerprint density at radius 2 is 1.87 bits per heavy atom. The molecule has 2 N–H and O–H groups in total. The zero-order valence-corrected chi connectivity index (χ0v) is 17.3. The molecule has 0 fully saturated rings. The second-order valence-electron chi connectivity index (χ2n) is 6.28. The molecule has 0 saturated carbocycles. The third kappa shape index (κ3) is 4.23. The number of anilines is 1. The van der Waals surface area contributed by atoms with Crippen LogP contribution in [-0.4, -0.2) is 47.0 Å². The maximum absolute atomic E-state index is 12.3. The van der Waals surface area contributed by atoms with Crippen molar-refractivity contribution in [3.63, 3.8) is 0 Å². The number of amides is 1. The van der Waals surface area contributed by atoms with E-state index in [1.54, 1.807) is 38.1 Å². The van der Waals surface area contributed by atoms with Crippen molar-refractivity contribution in [2.24, 2.45) is 0 Å². The average Bonchev–Trinajstić information content (AvgIpc) is 3.27. The number of fused-ring (bicyclic) bond motifs is 1. The standard InChI is InChI=1S/C20H19N3O6S/c1-4-28-19(26)15-10(2)17(11(3)24)30-18(15)21-14(25)9-29-20(27)16-12-7-5-6-8-13(12)22-23-16/h5-8H,4,9H2,1-3H3,(H,21,25)(H,22,23). The minimum atomic E-state index is -0.764. The van der Waals surface area contributed by atoms with Crippen LogP contribution in [0.3, 0.4) is 0 Å². The number of benzene rings is 1. The predicted octanol–water partition coefficient (Wildman–Crippen LogP) is 3.11. The molecule has 0 spiro atoms. The summed E-state index contributed by atoms with van der Waals surface area (Å²) in [5.41, 5.74) is 1.28. The zero-order valence-electron chi connectivity index (χ0n) is 16.5. The number of para-hydroxylation sites is 1. The van der Waals surface area contributed by atoms with Crippen LogP contribution in [0.1, 0.15) is 49.9 Å². The second kappa shape index (κ2) is 8.87. The van der Waals surface area contributed by atoms with Crippen LogP contribution in [0.5, 0.6) is 0 Å². The highest BCUT2D eigenvalue weighted by molar-refractivity contribution is 7.18. The summed E-state index contributed by atoms with van der Waals surface area (Å²) in [6.07, 6.45) is 0. The van der Waals surface area contributed by atoms with Crippen LogP contribution >= 0.6 is 11.3 Å². The number of hydrogen-bond acceptors (Lipinski definition) is 8. The van der Waals surface area contributed by atoms with E-state index in [2.05, 4.69) is 15.5 Å². The van der Waals surface area contributed by atoms with Crippen molar-refractivity contribution in [1.82, 2.24) is 10.2 Å². The number of rotatable bonds is 7. The van der Waals surface area contributed by atoms with Crippen molar-refractivity contribution in [3.05, 3.63) is 46.0 Å². The molecule has 9 nitrogen and oxygen atoms in total. The van der Waals surface area contributed by atoms with Gasteiger partial charge in [0, 0.05) is 5.39 Å². The molecular weight excluding hydrogens is 410 g/mol. The van der Waals surface area contributed by atoms with Gasteiger partial charge in [-0.1, -0.05) is 18.2 Å². The van der Waals surface area contributed by atoms with Crippen LogP contribution in [0.4, 0.5) is 5.00 Å². The number of H-pyrrole nitrogens is 1. The van der Waals surface area contributed by atoms with Gasteiger partial charge in [-0.3, -0.25) is 14.7 Å². The zero-order chi connectivity index (χ0) is 21.8. The topological polar surface area (TPSA) is 127 Å². The van der Waals surface area contributed by atoms with Crippen molar-refractivity contribution in [1.29, 1.82) is 0 Å². The van der Waals surface area contributed by atoms with Gasteiger partial charge in [-0.05, 0) is 32.4 Å². The number of carbonyl (C=O) groups is 4. The minimum Gasteiger partial charge on any atom is -0.462 e. The lowest BCUT2D eigenvalue weighted by atomic mass is 10.1. The summed E-state index contributed by atoms with van der Waals surface area (Å²) in [4.78, 5) is 49.0. The summed E-state index contributed by atoms with van der Waals surface area (Å²) in [5, 5.41) is 9.91. The number of Topliss-reactive ketones (excluding diaryl/α,β-unsaturated/α-hetero) is 1. The van der Waals surface area contributed by atoms with Gasteiger partial charge >= 0.3 is 11.9 Å². The number of thiophene rings is 1. The van der Waals surface area contributed by atoms with Crippen molar-refractivity contribution < 1.29 is 28.7 Å². The molecule has 10 heteroatoms.